The van der Waals surface area contributed by atoms with Crippen molar-refractivity contribution in [1.29, 1.82) is 0 Å². The molecule has 1 saturated carbocycles. The predicted octanol–water partition coefficient (Wildman–Crippen LogP) is 2.78. The van der Waals surface area contributed by atoms with Gasteiger partial charge in [0, 0.05) is 56.3 Å². The molecule has 1 saturated heterocycles. The van der Waals surface area contributed by atoms with Crippen molar-refractivity contribution in [3.8, 4) is 0 Å². The largest absolute Gasteiger partial charge is 0.352 e. The maximum absolute atomic E-state index is 14.3. The SMILES string of the molecule is CCNC(=O)c1cc(F)cc2nc3c(C4(C)CCN(CC5CC5C(=O)N(C)C)CC4)c[nH]n3c12. The van der Waals surface area contributed by atoms with Crippen molar-refractivity contribution < 1.29 is 14.0 Å². The lowest BCUT2D eigenvalue weighted by molar-refractivity contribution is -0.130. The molecule has 2 aromatic heterocycles. The molecule has 8 nitrogen and oxygen atoms in total. The Balaban J connectivity index is 1.36. The van der Waals surface area contributed by atoms with Crippen molar-refractivity contribution in [1.82, 2.24) is 29.7 Å². The molecule has 9 heteroatoms. The van der Waals surface area contributed by atoms with E-state index in [1.807, 2.05) is 31.7 Å². The van der Waals surface area contributed by atoms with Gasteiger partial charge in [-0.25, -0.2) is 13.9 Å². The van der Waals surface area contributed by atoms with Gasteiger partial charge in [0.1, 0.15) is 11.3 Å². The number of hydrogen-bond donors (Lipinski definition) is 2. The highest BCUT2D eigenvalue weighted by atomic mass is 19.1. The summed E-state index contributed by atoms with van der Waals surface area (Å²) in [6.07, 6.45) is 4.92. The van der Waals surface area contributed by atoms with Crippen molar-refractivity contribution in [2.75, 3.05) is 40.3 Å². The minimum absolute atomic E-state index is 0.0775. The molecule has 1 aromatic carbocycles. The number of hydrogen-bond acceptors (Lipinski definition) is 4. The molecule has 2 unspecified atom stereocenters. The summed E-state index contributed by atoms with van der Waals surface area (Å²) in [5.74, 6) is 0.122. The summed E-state index contributed by atoms with van der Waals surface area (Å²) in [6, 6.07) is 2.66. The zero-order chi connectivity index (χ0) is 24.2. The summed E-state index contributed by atoms with van der Waals surface area (Å²) in [6.45, 7) is 7.47. The van der Waals surface area contributed by atoms with Gasteiger partial charge in [-0.15, -0.1) is 0 Å². The van der Waals surface area contributed by atoms with Gasteiger partial charge in [0.15, 0.2) is 5.65 Å². The number of piperidine rings is 1. The molecule has 1 aliphatic carbocycles. The fraction of sp³-hybridized carbons (Fsp3) is 0.560. The zero-order valence-corrected chi connectivity index (χ0v) is 20.3. The first-order valence-corrected chi connectivity index (χ1v) is 12.1. The first-order chi connectivity index (χ1) is 16.2. The second-order valence-electron chi connectivity index (χ2n) is 10.3. The van der Waals surface area contributed by atoms with Gasteiger partial charge in [0.05, 0.1) is 11.1 Å². The average Bonchev–Trinajstić information content (AvgIpc) is 3.27. The van der Waals surface area contributed by atoms with Crippen molar-refractivity contribution >= 4 is 28.5 Å². The van der Waals surface area contributed by atoms with Gasteiger partial charge in [0.2, 0.25) is 5.91 Å². The molecule has 0 bridgehead atoms. The Morgan fingerprint density at radius 1 is 1.29 bits per heavy atom. The van der Waals surface area contributed by atoms with Gasteiger partial charge in [-0.05, 0) is 51.3 Å². The molecule has 2 aliphatic rings. The van der Waals surface area contributed by atoms with E-state index in [9.17, 15) is 14.0 Å². The fourth-order valence-electron chi connectivity index (χ4n) is 5.46. The van der Waals surface area contributed by atoms with Crippen molar-refractivity contribution in [2.24, 2.45) is 11.8 Å². The molecular formula is C25H33FN6O2. The van der Waals surface area contributed by atoms with Crippen LogP contribution in [-0.4, -0.2) is 76.5 Å². The van der Waals surface area contributed by atoms with Crippen LogP contribution in [0.4, 0.5) is 4.39 Å². The maximum atomic E-state index is 14.3. The van der Waals surface area contributed by atoms with Crippen molar-refractivity contribution in [2.45, 2.75) is 38.5 Å². The molecule has 0 spiro atoms. The highest BCUT2D eigenvalue weighted by Gasteiger charge is 2.45. The van der Waals surface area contributed by atoms with Crippen molar-refractivity contribution in [3.05, 3.63) is 35.3 Å². The molecule has 5 rings (SSSR count). The summed E-state index contributed by atoms with van der Waals surface area (Å²) < 4.78 is 16.1. The van der Waals surface area contributed by atoms with E-state index in [1.54, 1.807) is 4.90 Å². The molecule has 2 atom stereocenters. The number of rotatable bonds is 6. The van der Waals surface area contributed by atoms with Crippen molar-refractivity contribution in [3.63, 3.8) is 0 Å². The van der Waals surface area contributed by atoms with Crippen LogP contribution in [0.2, 0.25) is 0 Å². The number of amides is 2. The monoisotopic (exact) mass is 468 g/mol. The van der Waals surface area contributed by atoms with Crippen LogP contribution in [0.5, 0.6) is 0 Å². The van der Waals surface area contributed by atoms with Crippen LogP contribution < -0.4 is 5.32 Å². The summed E-state index contributed by atoms with van der Waals surface area (Å²) in [7, 11) is 3.66. The van der Waals surface area contributed by atoms with Crippen LogP contribution in [-0.2, 0) is 10.2 Å². The molecule has 34 heavy (non-hydrogen) atoms. The fourth-order valence-corrected chi connectivity index (χ4v) is 5.46. The summed E-state index contributed by atoms with van der Waals surface area (Å²) >= 11 is 0. The second-order valence-corrected chi connectivity index (χ2v) is 10.3. The number of fused-ring (bicyclic) bond motifs is 3. The van der Waals surface area contributed by atoms with Gasteiger partial charge < -0.3 is 15.1 Å². The van der Waals surface area contributed by atoms with Crippen LogP contribution >= 0.6 is 0 Å². The smallest absolute Gasteiger partial charge is 0.253 e. The molecule has 182 valence electrons. The van der Waals surface area contributed by atoms with E-state index < -0.39 is 5.82 Å². The van der Waals surface area contributed by atoms with Crippen LogP contribution in [0.1, 0.15) is 49.0 Å². The second kappa shape index (κ2) is 8.37. The maximum Gasteiger partial charge on any atom is 0.253 e. The lowest BCUT2D eigenvalue weighted by Gasteiger charge is -2.39. The third-order valence-electron chi connectivity index (χ3n) is 7.66. The van der Waals surface area contributed by atoms with Crippen LogP contribution in [0.15, 0.2) is 18.3 Å². The number of imidazole rings is 1. The topological polar surface area (TPSA) is 85.7 Å². The summed E-state index contributed by atoms with van der Waals surface area (Å²) in [4.78, 5) is 33.7. The predicted molar refractivity (Wildman–Crippen MR) is 128 cm³/mol. The van der Waals surface area contributed by atoms with Crippen LogP contribution in [0, 0.1) is 17.7 Å². The Morgan fingerprint density at radius 3 is 2.71 bits per heavy atom. The third kappa shape index (κ3) is 3.85. The van der Waals surface area contributed by atoms with E-state index in [0.29, 0.717) is 23.5 Å². The number of benzene rings is 1. The van der Waals surface area contributed by atoms with Gasteiger partial charge in [-0.1, -0.05) is 6.92 Å². The van der Waals surface area contributed by atoms with E-state index in [4.69, 9.17) is 4.98 Å². The molecule has 1 aliphatic heterocycles. The number of H-pyrrole nitrogens is 1. The quantitative estimate of drug-likeness (QED) is 0.583. The summed E-state index contributed by atoms with van der Waals surface area (Å²) in [5.41, 5.74) is 3.12. The normalized spacial score (nSPS) is 22.3. The molecule has 2 fully saturated rings. The number of aromatic nitrogens is 3. The van der Waals surface area contributed by atoms with E-state index in [2.05, 4.69) is 22.2 Å². The first kappa shape index (κ1) is 22.8. The Morgan fingerprint density at radius 2 is 2.03 bits per heavy atom. The lowest BCUT2D eigenvalue weighted by atomic mass is 9.75. The van der Waals surface area contributed by atoms with Crippen LogP contribution in [0.25, 0.3) is 16.7 Å². The van der Waals surface area contributed by atoms with E-state index in [0.717, 1.165) is 50.1 Å². The van der Waals surface area contributed by atoms with E-state index in [-0.39, 0.29) is 28.7 Å². The Hall–Kier alpha value is -2.94. The highest BCUT2D eigenvalue weighted by molar-refractivity contribution is 6.06. The van der Waals surface area contributed by atoms with Gasteiger partial charge >= 0.3 is 0 Å². The van der Waals surface area contributed by atoms with Gasteiger partial charge in [0.25, 0.3) is 5.91 Å². The molecule has 3 heterocycles. The molecule has 2 N–H and O–H groups in total. The number of halogens is 1. The first-order valence-electron chi connectivity index (χ1n) is 12.1. The van der Waals surface area contributed by atoms with E-state index >= 15 is 0 Å². The Kier molecular flexibility index (Phi) is 5.62. The van der Waals surface area contributed by atoms with Gasteiger partial charge in [-0.2, -0.15) is 0 Å². The number of nitrogens with one attached hydrogen (secondary N) is 2. The van der Waals surface area contributed by atoms with Gasteiger partial charge in [-0.3, -0.25) is 14.7 Å². The zero-order valence-electron chi connectivity index (χ0n) is 20.3. The number of carbonyl (C=O) groups excluding carboxylic acids is 2. The molecular weight excluding hydrogens is 435 g/mol. The third-order valence-corrected chi connectivity index (χ3v) is 7.66. The number of likely N-dealkylation sites (tertiary alicyclic amines) is 1. The van der Waals surface area contributed by atoms with E-state index in [1.165, 1.54) is 12.1 Å². The highest BCUT2D eigenvalue weighted by Crippen LogP contribution is 2.43. The number of aromatic amines is 1. The average molecular weight is 469 g/mol. The lowest BCUT2D eigenvalue weighted by Crippen LogP contribution is -2.42. The summed E-state index contributed by atoms with van der Waals surface area (Å²) in [5, 5.41) is 6.03. The number of nitrogens with zero attached hydrogens (tertiary/aromatic N) is 4. The van der Waals surface area contributed by atoms with Crippen LogP contribution in [0.3, 0.4) is 0 Å². The number of carbonyl (C=O) groups is 2. The molecule has 0 radical (unpaired) electrons. The standard InChI is InChI=1S/C25H33FN6O2/c1-5-27-23(33)18-11-16(26)12-20-21(18)32-22(29-20)19(13-28-32)25(2)6-8-31(9-7-25)14-15-10-17(15)24(34)30(3)4/h11-13,15,17,28H,5-10,14H2,1-4H3,(H,27,33). The minimum Gasteiger partial charge on any atom is -0.352 e. The minimum atomic E-state index is -0.471. The Bertz CT molecular complexity index is 1250. The molecule has 2 amide bonds. The molecule has 3 aromatic rings. The Labute approximate surface area is 198 Å².